The molecule has 1 aromatic carbocycles. The van der Waals surface area contributed by atoms with Gasteiger partial charge in [0.05, 0.1) is 4.90 Å². The van der Waals surface area contributed by atoms with Crippen LogP contribution in [0.3, 0.4) is 0 Å². The predicted octanol–water partition coefficient (Wildman–Crippen LogP) is 1.86. The van der Waals surface area contributed by atoms with Crippen molar-refractivity contribution in [3.63, 3.8) is 0 Å². The molecule has 0 saturated carbocycles. The third-order valence-electron chi connectivity index (χ3n) is 5.59. The van der Waals surface area contributed by atoms with Crippen LogP contribution in [0.25, 0.3) is 0 Å². The Hall–Kier alpha value is -1.93. The van der Waals surface area contributed by atoms with Crippen molar-refractivity contribution in [1.29, 1.82) is 0 Å². The van der Waals surface area contributed by atoms with Crippen LogP contribution in [0, 0.1) is 6.92 Å². The van der Waals surface area contributed by atoms with E-state index >= 15 is 0 Å². The number of rotatable bonds is 4. The Morgan fingerprint density at radius 1 is 0.929 bits per heavy atom. The van der Waals surface area contributed by atoms with Gasteiger partial charge in [-0.05, 0) is 37.5 Å². The van der Waals surface area contributed by atoms with Crippen molar-refractivity contribution in [2.24, 2.45) is 0 Å². The van der Waals surface area contributed by atoms with Gasteiger partial charge in [0.2, 0.25) is 15.9 Å². The number of nitrogens with zero attached hydrogens (tertiary/aromatic N) is 3. The van der Waals surface area contributed by atoms with E-state index < -0.39 is 10.0 Å². The lowest BCUT2D eigenvalue weighted by Gasteiger charge is -2.34. The van der Waals surface area contributed by atoms with Gasteiger partial charge in [-0.1, -0.05) is 19.4 Å². The molecule has 2 fully saturated rings. The number of benzene rings is 1. The maximum absolute atomic E-state index is 13.1. The first kappa shape index (κ1) is 20.8. The molecule has 8 heteroatoms. The molecule has 28 heavy (non-hydrogen) atoms. The number of aryl methyl sites for hydroxylation is 1. The van der Waals surface area contributed by atoms with E-state index in [2.05, 4.69) is 0 Å². The number of hydrogen-bond acceptors (Lipinski definition) is 4. The number of carbonyl (C=O) groups is 2. The fourth-order valence-electron chi connectivity index (χ4n) is 3.82. The van der Waals surface area contributed by atoms with Gasteiger partial charge in [-0.25, -0.2) is 8.42 Å². The monoisotopic (exact) mass is 407 g/mol. The topological polar surface area (TPSA) is 78.0 Å². The second-order valence-electron chi connectivity index (χ2n) is 7.47. The average Bonchev–Trinajstić information content (AvgIpc) is 2.73. The minimum atomic E-state index is -3.59. The van der Waals surface area contributed by atoms with Gasteiger partial charge in [0, 0.05) is 51.3 Å². The quantitative estimate of drug-likeness (QED) is 0.763. The van der Waals surface area contributed by atoms with Crippen molar-refractivity contribution in [2.45, 2.75) is 44.4 Å². The van der Waals surface area contributed by atoms with Crippen molar-refractivity contribution >= 4 is 21.8 Å². The Morgan fingerprint density at radius 3 is 2.14 bits per heavy atom. The molecule has 154 valence electrons. The van der Waals surface area contributed by atoms with E-state index in [0.717, 1.165) is 19.3 Å². The molecule has 0 unspecified atom stereocenters. The summed E-state index contributed by atoms with van der Waals surface area (Å²) in [6.07, 6.45) is 3.26. The Labute approximate surface area is 167 Å². The minimum Gasteiger partial charge on any atom is -0.339 e. The number of piperidine rings is 1. The molecule has 2 saturated heterocycles. The highest BCUT2D eigenvalue weighted by Crippen LogP contribution is 2.25. The first-order valence-corrected chi connectivity index (χ1v) is 11.5. The molecule has 7 nitrogen and oxygen atoms in total. The smallest absolute Gasteiger partial charge is 0.254 e. The summed E-state index contributed by atoms with van der Waals surface area (Å²) in [5.41, 5.74) is 1.04. The van der Waals surface area contributed by atoms with Gasteiger partial charge in [0.25, 0.3) is 5.91 Å². The molecule has 2 aliphatic heterocycles. The summed E-state index contributed by atoms with van der Waals surface area (Å²) in [6.45, 7) is 6.63. The largest absolute Gasteiger partial charge is 0.339 e. The van der Waals surface area contributed by atoms with Crippen LogP contribution in [-0.2, 0) is 14.8 Å². The standard InChI is InChI=1S/C20H29N3O4S/c1-3-19(24)21-11-13-22(14-12-21)20(25)17-8-7-16(2)18(15-17)28(26,27)23-9-5-4-6-10-23/h7-8,15H,3-6,9-14H2,1-2H3. The van der Waals surface area contributed by atoms with E-state index in [1.807, 2.05) is 6.92 Å². The van der Waals surface area contributed by atoms with Crippen LogP contribution in [0.5, 0.6) is 0 Å². The summed E-state index contributed by atoms with van der Waals surface area (Å²) < 4.78 is 27.7. The first-order chi connectivity index (χ1) is 13.3. The SMILES string of the molecule is CCC(=O)N1CCN(C(=O)c2ccc(C)c(S(=O)(=O)N3CCCCC3)c2)CC1. The number of amides is 2. The molecule has 2 aliphatic rings. The molecule has 0 radical (unpaired) electrons. The fraction of sp³-hybridized carbons (Fsp3) is 0.600. The van der Waals surface area contributed by atoms with Crippen LogP contribution in [0.1, 0.15) is 48.5 Å². The number of piperazine rings is 1. The van der Waals surface area contributed by atoms with Gasteiger partial charge >= 0.3 is 0 Å². The van der Waals surface area contributed by atoms with E-state index in [1.165, 1.54) is 10.4 Å². The molecule has 0 N–H and O–H groups in total. The summed E-state index contributed by atoms with van der Waals surface area (Å²) in [4.78, 5) is 28.4. The van der Waals surface area contributed by atoms with E-state index in [0.29, 0.717) is 56.8 Å². The molecule has 0 aliphatic carbocycles. The van der Waals surface area contributed by atoms with Crippen molar-refractivity contribution in [3.8, 4) is 0 Å². The second-order valence-corrected chi connectivity index (χ2v) is 9.38. The fourth-order valence-corrected chi connectivity index (χ4v) is 5.59. The van der Waals surface area contributed by atoms with Crippen molar-refractivity contribution in [1.82, 2.24) is 14.1 Å². The molecule has 0 spiro atoms. The lowest BCUT2D eigenvalue weighted by Crippen LogP contribution is -2.50. The maximum atomic E-state index is 13.1. The predicted molar refractivity (Wildman–Crippen MR) is 107 cm³/mol. The zero-order valence-electron chi connectivity index (χ0n) is 16.7. The van der Waals surface area contributed by atoms with Gasteiger partial charge in [-0.2, -0.15) is 4.31 Å². The molecular weight excluding hydrogens is 378 g/mol. The summed E-state index contributed by atoms with van der Waals surface area (Å²) in [7, 11) is -3.59. The molecule has 2 amide bonds. The van der Waals surface area contributed by atoms with Crippen LogP contribution in [-0.4, -0.2) is 73.6 Å². The van der Waals surface area contributed by atoms with Gasteiger partial charge in [0.1, 0.15) is 0 Å². The van der Waals surface area contributed by atoms with Crippen molar-refractivity contribution < 1.29 is 18.0 Å². The summed E-state index contributed by atoms with van der Waals surface area (Å²) in [5, 5.41) is 0. The highest BCUT2D eigenvalue weighted by Gasteiger charge is 2.29. The van der Waals surface area contributed by atoms with Crippen LogP contribution in [0.2, 0.25) is 0 Å². The van der Waals surface area contributed by atoms with Crippen LogP contribution in [0.15, 0.2) is 23.1 Å². The number of hydrogen-bond donors (Lipinski definition) is 0. The summed E-state index contributed by atoms with van der Waals surface area (Å²) >= 11 is 0. The molecular formula is C20H29N3O4S. The van der Waals surface area contributed by atoms with Crippen molar-refractivity contribution in [2.75, 3.05) is 39.3 Å². The molecule has 0 aromatic heterocycles. The van der Waals surface area contributed by atoms with Gasteiger partial charge < -0.3 is 9.80 Å². The second kappa shape index (κ2) is 8.61. The van der Waals surface area contributed by atoms with Gasteiger partial charge in [-0.3, -0.25) is 9.59 Å². The average molecular weight is 408 g/mol. The first-order valence-electron chi connectivity index (χ1n) is 10.0. The normalized spacial score (nSPS) is 18.9. The Bertz CT molecular complexity index is 839. The molecule has 2 heterocycles. The maximum Gasteiger partial charge on any atom is 0.254 e. The lowest BCUT2D eigenvalue weighted by molar-refractivity contribution is -0.132. The summed E-state index contributed by atoms with van der Waals surface area (Å²) in [6, 6.07) is 4.92. The minimum absolute atomic E-state index is 0.0948. The van der Waals surface area contributed by atoms with Crippen LogP contribution >= 0.6 is 0 Å². The van der Waals surface area contributed by atoms with Crippen LogP contribution in [0.4, 0.5) is 0 Å². The molecule has 3 rings (SSSR count). The molecule has 1 aromatic rings. The van der Waals surface area contributed by atoms with E-state index in [1.54, 1.807) is 28.9 Å². The third-order valence-corrected chi connectivity index (χ3v) is 7.63. The van der Waals surface area contributed by atoms with Gasteiger partial charge in [0.15, 0.2) is 0 Å². The van der Waals surface area contributed by atoms with Crippen LogP contribution < -0.4 is 0 Å². The Kier molecular flexibility index (Phi) is 6.40. The Morgan fingerprint density at radius 2 is 1.54 bits per heavy atom. The lowest BCUT2D eigenvalue weighted by atomic mass is 10.1. The number of carbonyl (C=O) groups excluding carboxylic acids is 2. The van der Waals surface area contributed by atoms with Crippen molar-refractivity contribution in [3.05, 3.63) is 29.3 Å². The highest BCUT2D eigenvalue weighted by atomic mass is 32.2. The van der Waals surface area contributed by atoms with E-state index in [4.69, 9.17) is 0 Å². The van der Waals surface area contributed by atoms with E-state index in [9.17, 15) is 18.0 Å². The summed E-state index contributed by atoms with van der Waals surface area (Å²) in [5.74, 6) is -0.0870. The zero-order chi connectivity index (χ0) is 20.3. The highest BCUT2D eigenvalue weighted by molar-refractivity contribution is 7.89. The van der Waals surface area contributed by atoms with Gasteiger partial charge in [-0.15, -0.1) is 0 Å². The molecule has 0 atom stereocenters. The Balaban J connectivity index is 1.78. The number of sulfonamides is 1. The molecule has 0 bridgehead atoms. The zero-order valence-corrected chi connectivity index (χ0v) is 17.5. The van der Waals surface area contributed by atoms with E-state index in [-0.39, 0.29) is 16.7 Å². The third kappa shape index (κ3) is 4.22.